The standard InChI is InChI=1S/C36H35FN4O4/c1-22-6-7-25-17-28(37)11-15-32(25)41(22)36(44)26-10-14-33(30(18-26)38-35(43)24-8-12-29(45-2)13-9-24)39-19-23-16-27(21-39)31-4-3-5-34(42)40(31)20-23/h3-5,8-15,17-18,22-23,27H,6-7,16,19-21H2,1-2H3,(H,38,43). The molecule has 1 aromatic heterocycles. The topological polar surface area (TPSA) is 83.9 Å². The van der Waals surface area contributed by atoms with Crippen molar-refractivity contribution in [1.82, 2.24) is 4.57 Å². The van der Waals surface area contributed by atoms with E-state index in [9.17, 15) is 18.8 Å². The molecule has 7 rings (SSSR count). The molecule has 0 spiro atoms. The lowest BCUT2D eigenvalue weighted by Gasteiger charge is -2.44. The Bertz CT molecular complexity index is 1850. The van der Waals surface area contributed by atoms with Gasteiger partial charge in [-0.1, -0.05) is 6.07 Å². The molecule has 1 saturated heterocycles. The summed E-state index contributed by atoms with van der Waals surface area (Å²) in [7, 11) is 1.57. The maximum absolute atomic E-state index is 14.1. The summed E-state index contributed by atoms with van der Waals surface area (Å²) in [5, 5.41) is 3.09. The van der Waals surface area contributed by atoms with Crippen LogP contribution in [0.5, 0.6) is 5.75 Å². The van der Waals surface area contributed by atoms with Crippen LogP contribution < -0.4 is 25.4 Å². The summed E-state index contributed by atoms with van der Waals surface area (Å²) in [6, 6.07) is 22.3. The number of aryl methyl sites for hydroxylation is 1. The molecule has 2 amide bonds. The van der Waals surface area contributed by atoms with Gasteiger partial charge in [0.05, 0.1) is 18.5 Å². The fraction of sp³-hybridized carbons (Fsp3) is 0.306. The number of nitrogens with zero attached hydrogens (tertiary/aromatic N) is 3. The van der Waals surface area contributed by atoms with Crippen molar-refractivity contribution in [3.8, 4) is 5.75 Å². The fourth-order valence-corrected chi connectivity index (χ4v) is 7.24. The predicted molar refractivity (Wildman–Crippen MR) is 172 cm³/mol. The molecule has 3 aromatic carbocycles. The number of nitrogens with one attached hydrogen (secondary N) is 1. The van der Waals surface area contributed by atoms with Crippen LogP contribution in [0.4, 0.5) is 21.5 Å². The molecule has 0 aliphatic carbocycles. The first kappa shape index (κ1) is 28.8. The molecular weight excluding hydrogens is 571 g/mol. The number of anilines is 3. The van der Waals surface area contributed by atoms with Gasteiger partial charge in [-0.2, -0.15) is 0 Å². The first-order chi connectivity index (χ1) is 21.8. The predicted octanol–water partition coefficient (Wildman–Crippen LogP) is 5.85. The maximum atomic E-state index is 14.1. The number of aromatic nitrogens is 1. The Morgan fingerprint density at radius 1 is 0.911 bits per heavy atom. The summed E-state index contributed by atoms with van der Waals surface area (Å²) >= 11 is 0. The molecule has 1 fully saturated rings. The van der Waals surface area contributed by atoms with Gasteiger partial charge in [-0.25, -0.2) is 4.39 Å². The van der Waals surface area contributed by atoms with Gasteiger partial charge in [-0.15, -0.1) is 0 Å². The molecule has 3 unspecified atom stereocenters. The lowest BCUT2D eigenvalue weighted by molar-refractivity contribution is 0.0973. The van der Waals surface area contributed by atoms with Crippen LogP contribution in [0, 0.1) is 11.7 Å². The van der Waals surface area contributed by atoms with Gasteiger partial charge in [-0.05, 0) is 104 Å². The molecule has 0 radical (unpaired) electrons. The number of amides is 2. The number of rotatable bonds is 5. The smallest absolute Gasteiger partial charge is 0.258 e. The normalized spacial score (nSPS) is 20.2. The van der Waals surface area contributed by atoms with Crippen molar-refractivity contribution < 1.29 is 18.7 Å². The average molecular weight is 607 g/mol. The van der Waals surface area contributed by atoms with Crippen molar-refractivity contribution >= 4 is 28.9 Å². The number of ether oxygens (including phenoxy) is 1. The number of benzene rings is 3. The van der Waals surface area contributed by atoms with E-state index in [1.165, 1.54) is 12.1 Å². The van der Waals surface area contributed by atoms with Gasteiger partial charge in [0.1, 0.15) is 11.6 Å². The van der Waals surface area contributed by atoms with Crippen molar-refractivity contribution in [2.24, 2.45) is 5.92 Å². The fourth-order valence-electron chi connectivity index (χ4n) is 7.24. The van der Waals surface area contributed by atoms with E-state index in [1.807, 2.05) is 35.8 Å². The minimum atomic E-state index is -0.317. The third-order valence-electron chi connectivity index (χ3n) is 9.46. The molecule has 8 nitrogen and oxygen atoms in total. The van der Waals surface area contributed by atoms with Crippen molar-refractivity contribution in [1.29, 1.82) is 0 Å². The molecule has 45 heavy (non-hydrogen) atoms. The highest BCUT2D eigenvalue weighted by Gasteiger charge is 2.36. The zero-order valence-corrected chi connectivity index (χ0v) is 25.3. The number of pyridine rings is 1. The third kappa shape index (κ3) is 5.36. The zero-order chi connectivity index (χ0) is 31.2. The van der Waals surface area contributed by atoms with E-state index in [1.54, 1.807) is 54.5 Å². The number of halogens is 1. The molecule has 3 aliphatic heterocycles. The molecule has 2 bridgehead atoms. The highest BCUT2D eigenvalue weighted by atomic mass is 19.1. The second-order valence-electron chi connectivity index (χ2n) is 12.4. The molecule has 230 valence electrons. The molecule has 4 heterocycles. The van der Waals surface area contributed by atoms with Crippen LogP contribution in [0.2, 0.25) is 0 Å². The van der Waals surface area contributed by atoms with Crippen molar-refractivity contribution in [3.63, 3.8) is 0 Å². The minimum Gasteiger partial charge on any atom is -0.497 e. The summed E-state index contributed by atoms with van der Waals surface area (Å²) in [4.78, 5) is 44.2. The van der Waals surface area contributed by atoms with Crippen molar-refractivity contribution in [3.05, 3.63) is 117 Å². The van der Waals surface area contributed by atoms with Gasteiger partial charge < -0.3 is 24.4 Å². The first-order valence-electron chi connectivity index (χ1n) is 15.4. The highest BCUT2D eigenvalue weighted by molar-refractivity contribution is 6.10. The maximum Gasteiger partial charge on any atom is 0.258 e. The number of fused-ring (bicyclic) bond motifs is 5. The Morgan fingerprint density at radius 2 is 1.69 bits per heavy atom. The quantitative estimate of drug-likeness (QED) is 0.308. The van der Waals surface area contributed by atoms with Crippen molar-refractivity contribution in [2.45, 2.75) is 44.7 Å². The van der Waals surface area contributed by atoms with Gasteiger partial charge in [0.25, 0.3) is 17.4 Å². The molecular formula is C36H35FN4O4. The van der Waals surface area contributed by atoms with E-state index in [0.29, 0.717) is 47.8 Å². The zero-order valence-electron chi connectivity index (χ0n) is 25.3. The lowest BCUT2D eigenvalue weighted by atomic mass is 9.83. The number of piperidine rings is 1. The van der Waals surface area contributed by atoms with Gasteiger partial charge in [-0.3, -0.25) is 14.4 Å². The third-order valence-corrected chi connectivity index (χ3v) is 9.46. The van der Waals surface area contributed by atoms with Crippen LogP contribution in [0.1, 0.15) is 57.7 Å². The lowest BCUT2D eigenvalue weighted by Crippen LogP contribution is -2.47. The van der Waals surface area contributed by atoms with E-state index in [0.717, 1.165) is 36.3 Å². The van der Waals surface area contributed by atoms with Crippen molar-refractivity contribution in [2.75, 3.05) is 35.3 Å². The monoisotopic (exact) mass is 606 g/mol. The van der Waals surface area contributed by atoms with Gasteiger partial charge in [0.15, 0.2) is 0 Å². The summed E-state index contributed by atoms with van der Waals surface area (Å²) in [5.41, 5.74) is 4.84. The average Bonchev–Trinajstić information content (AvgIpc) is 3.05. The Morgan fingerprint density at radius 3 is 2.49 bits per heavy atom. The number of carbonyl (C=O) groups is 2. The summed E-state index contributed by atoms with van der Waals surface area (Å²) in [6.07, 6.45) is 2.42. The number of hydrogen-bond acceptors (Lipinski definition) is 5. The van der Waals surface area contributed by atoms with Crippen LogP contribution in [0.3, 0.4) is 0 Å². The number of carbonyl (C=O) groups excluding carboxylic acids is 2. The molecule has 3 atom stereocenters. The van der Waals surface area contributed by atoms with Crippen LogP contribution in [-0.2, 0) is 13.0 Å². The second kappa shape index (κ2) is 11.5. The SMILES string of the molecule is COc1ccc(C(=O)Nc2cc(C(=O)N3c4ccc(F)cc4CCC3C)ccc2N2CC3CC(C2)c2cccc(=O)n2C3)cc1. The van der Waals surface area contributed by atoms with E-state index in [-0.39, 0.29) is 41.1 Å². The van der Waals surface area contributed by atoms with E-state index >= 15 is 0 Å². The molecule has 1 N–H and O–H groups in total. The van der Waals surface area contributed by atoms with E-state index < -0.39 is 0 Å². The van der Waals surface area contributed by atoms with Crippen LogP contribution in [0.15, 0.2) is 83.7 Å². The van der Waals surface area contributed by atoms with Gasteiger partial charge >= 0.3 is 0 Å². The number of hydrogen-bond donors (Lipinski definition) is 1. The second-order valence-corrected chi connectivity index (χ2v) is 12.4. The first-order valence-corrected chi connectivity index (χ1v) is 15.4. The van der Waals surface area contributed by atoms with Crippen LogP contribution in [0.25, 0.3) is 0 Å². The van der Waals surface area contributed by atoms with Crippen LogP contribution >= 0.6 is 0 Å². The Hall–Kier alpha value is -4.92. The highest BCUT2D eigenvalue weighted by Crippen LogP contribution is 2.40. The van der Waals surface area contributed by atoms with Gasteiger partial charge in [0.2, 0.25) is 0 Å². The minimum absolute atomic E-state index is 0.0298. The van der Waals surface area contributed by atoms with Gasteiger partial charge in [0, 0.05) is 60.2 Å². The summed E-state index contributed by atoms with van der Waals surface area (Å²) in [5.74, 6) is 0.269. The Kier molecular flexibility index (Phi) is 7.39. The molecule has 3 aliphatic rings. The Balaban J connectivity index is 1.25. The largest absolute Gasteiger partial charge is 0.497 e. The van der Waals surface area contributed by atoms with E-state index in [4.69, 9.17) is 4.74 Å². The molecule has 0 saturated carbocycles. The molecule has 4 aromatic rings. The van der Waals surface area contributed by atoms with Crippen LogP contribution in [-0.4, -0.2) is 42.6 Å². The Labute approximate surface area is 261 Å². The summed E-state index contributed by atoms with van der Waals surface area (Å²) < 4.78 is 21.2. The molecule has 9 heteroatoms. The summed E-state index contributed by atoms with van der Waals surface area (Å²) in [6.45, 7) is 4.05. The van der Waals surface area contributed by atoms with E-state index in [2.05, 4.69) is 10.2 Å². The number of methoxy groups -OCH3 is 1.